The Morgan fingerprint density at radius 3 is 2.42 bits per heavy atom. The maximum absolute atomic E-state index is 12.3. The zero-order chi connectivity index (χ0) is 13.5. The van der Waals surface area contributed by atoms with Crippen LogP contribution in [0.3, 0.4) is 0 Å². The van der Waals surface area contributed by atoms with Gasteiger partial charge in [-0.2, -0.15) is 0 Å². The summed E-state index contributed by atoms with van der Waals surface area (Å²) in [7, 11) is 0. The molecule has 0 atom stereocenters. The largest absolute Gasteiger partial charge is 0.342 e. The molecule has 2 fully saturated rings. The quantitative estimate of drug-likeness (QED) is 0.795. The van der Waals surface area contributed by atoms with Crippen LogP contribution in [-0.4, -0.2) is 54.5 Å². The van der Waals surface area contributed by atoms with Crippen LogP contribution in [0.25, 0.3) is 0 Å². The Kier molecular flexibility index (Phi) is 6.11. The minimum atomic E-state index is 0.333. The summed E-state index contributed by atoms with van der Waals surface area (Å²) >= 11 is 0. The van der Waals surface area contributed by atoms with Gasteiger partial charge in [-0.25, -0.2) is 0 Å². The number of amides is 1. The standard InChI is InChI=1S/C15H29N3O/c16-9-6-12-18(14-7-2-1-3-8-14)13-15(19)17-10-4-5-11-17/h14H,1-13,16H2. The molecule has 19 heavy (non-hydrogen) atoms. The van der Waals surface area contributed by atoms with Gasteiger partial charge < -0.3 is 10.6 Å². The molecule has 0 aromatic carbocycles. The topological polar surface area (TPSA) is 49.6 Å². The number of likely N-dealkylation sites (tertiary alicyclic amines) is 1. The van der Waals surface area contributed by atoms with Crippen LogP contribution >= 0.6 is 0 Å². The van der Waals surface area contributed by atoms with Crippen molar-refractivity contribution in [3.05, 3.63) is 0 Å². The summed E-state index contributed by atoms with van der Waals surface area (Å²) in [6.07, 6.45) is 9.89. The van der Waals surface area contributed by atoms with Gasteiger partial charge in [0.25, 0.3) is 0 Å². The second kappa shape index (κ2) is 7.85. The van der Waals surface area contributed by atoms with E-state index in [2.05, 4.69) is 4.90 Å². The summed E-state index contributed by atoms with van der Waals surface area (Å²) in [4.78, 5) is 16.8. The van der Waals surface area contributed by atoms with E-state index in [1.807, 2.05) is 4.90 Å². The first-order valence-corrected chi connectivity index (χ1v) is 8.03. The average Bonchev–Trinajstić information content (AvgIpc) is 2.98. The fourth-order valence-electron chi connectivity index (χ4n) is 3.37. The minimum absolute atomic E-state index is 0.333. The van der Waals surface area contributed by atoms with Gasteiger partial charge >= 0.3 is 0 Å². The lowest BCUT2D eigenvalue weighted by Crippen LogP contribution is -2.45. The van der Waals surface area contributed by atoms with E-state index in [0.717, 1.165) is 32.6 Å². The molecule has 4 nitrogen and oxygen atoms in total. The van der Waals surface area contributed by atoms with Crippen molar-refractivity contribution >= 4 is 5.91 Å². The van der Waals surface area contributed by atoms with Gasteiger partial charge in [0.15, 0.2) is 0 Å². The Balaban J connectivity index is 1.86. The summed E-state index contributed by atoms with van der Waals surface area (Å²) in [5, 5.41) is 0. The second-order valence-electron chi connectivity index (χ2n) is 5.99. The fourth-order valence-corrected chi connectivity index (χ4v) is 3.37. The lowest BCUT2D eigenvalue weighted by Gasteiger charge is -2.34. The third-order valence-corrected chi connectivity index (χ3v) is 4.54. The molecule has 1 heterocycles. The lowest BCUT2D eigenvalue weighted by atomic mass is 9.94. The summed E-state index contributed by atoms with van der Waals surface area (Å²) in [6.45, 7) is 4.26. The van der Waals surface area contributed by atoms with Crippen molar-refractivity contribution in [2.75, 3.05) is 32.7 Å². The zero-order valence-electron chi connectivity index (χ0n) is 12.1. The molecule has 2 N–H and O–H groups in total. The van der Waals surface area contributed by atoms with E-state index in [-0.39, 0.29) is 0 Å². The predicted octanol–water partition coefficient (Wildman–Crippen LogP) is 1.59. The summed E-state index contributed by atoms with van der Waals surface area (Å²) in [6, 6.07) is 0.617. The summed E-state index contributed by atoms with van der Waals surface area (Å²) < 4.78 is 0. The van der Waals surface area contributed by atoms with Crippen molar-refractivity contribution in [1.29, 1.82) is 0 Å². The molecule has 0 bridgehead atoms. The monoisotopic (exact) mass is 267 g/mol. The first-order valence-electron chi connectivity index (χ1n) is 8.03. The van der Waals surface area contributed by atoms with E-state index in [4.69, 9.17) is 5.73 Å². The summed E-state index contributed by atoms with van der Waals surface area (Å²) in [5.41, 5.74) is 5.64. The van der Waals surface area contributed by atoms with Crippen LogP contribution < -0.4 is 5.73 Å². The molecule has 1 saturated heterocycles. The molecule has 110 valence electrons. The van der Waals surface area contributed by atoms with Crippen LogP contribution in [0.5, 0.6) is 0 Å². The predicted molar refractivity (Wildman–Crippen MR) is 77.9 cm³/mol. The van der Waals surface area contributed by atoms with Crippen molar-refractivity contribution in [3.63, 3.8) is 0 Å². The molecule has 1 aliphatic heterocycles. The average molecular weight is 267 g/mol. The van der Waals surface area contributed by atoms with Crippen LogP contribution in [0.1, 0.15) is 51.4 Å². The van der Waals surface area contributed by atoms with Crippen LogP contribution in [0.2, 0.25) is 0 Å². The van der Waals surface area contributed by atoms with Crippen LogP contribution in [0.4, 0.5) is 0 Å². The first kappa shape index (κ1) is 14.8. The fraction of sp³-hybridized carbons (Fsp3) is 0.933. The Hall–Kier alpha value is -0.610. The number of hydrogen-bond donors (Lipinski definition) is 1. The smallest absolute Gasteiger partial charge is 0.236 e. The van der Waals surface area contributed by atoms with Crippen molar-refractivity contribution in [2.24, 2.45) is 5.73 Å². The highest BCUT2D eigenvalue weighted by molar-refractivity contribution is 5.78. The molecule has 0 radical (unpaired) electrons. The highest BCUT2D eigenvalue weighted by Crippen LogP contribution is 2.23. The molecule has 0 aromatic rings. The van der Waals surface area contributed by atoms with Crippen molar-refractivity contribution < 1.29 is 4.79 Å². The van der Waals surface area contributed by atoms with E-state index in [9.17, 15) is 4.79 Å². The minimum Gasteiger partial charge on any atom is -0.342 e. The van der Waals surface area contributed by atoms with Crippen molar-refractivity contribution in [2.45, 2.75) is 57.4 Å². The van der Waals surface area contributed by atoms with Gasteiger partial charge in [0.05, 0.1) is 6.54 Å². The Morgan fingerprint density at radius 2 is 1.79 bits per heavy atom. The van der Waals surface area contributed by atoms with Crippen molar-refractivity contribution in [1.82, 2.24) is 9.80 Å². The highest BCUT2D eigenvalue weighted by atomic mass is 16.2. The van der Waals surface area contributed by atoms with E-state index in [1.165, 1.54) is 44.9 Å². The third-order valence-electron chi connectivity index (χ3n) is 4.54. The Labute approximate surface area is 117 Å². The van der Waals surface area contributed by atoms with Crippen LogP contribution in [0.15, 0.2) is 0 Å². The maximum atomic E-state index is 12.3. The molecular formula is C15H29N3O. The van der Waals surface area contributed by atoms with E-state index >= 15 is 0 Å². The summed E-state index contributed by atoms with van der Waals surface area (Å²) in [5.74, 6) is 0.333. The lowest BCUT2D eigenvalue weighted by molar-refractivity contribution is -0.132. The van der Waals surface area contributed by atoms with Gasteiger partial charge in [-0.15, -0.1) is 0 Å². The molecule has 4 heteroatoms. The Bertz CT molecular complexity index is 271. The molecule has 0 unspecified atom stereocenters. The molecule has 1 aliphatic carbocycles. The van der Waals surface area contributed by atoms with Crippen molar-refractivity contribution in [3.8, 4) is 0 Å². The molecular weight excluding hydrogens is 238 g/mol. The third kappa shape index (κ3) is 4.46. The van der Waals surface area contributed by atoms with Gasteiger partial charge in [0, 0.05) is 25.7 Å². The second-order valence-corrected chi connectivity index (χ2v) is 5.99. The first-order chi connectivity index (χ1) is 9.31. The highest BCUT2D eigenvalue weighted by Gasteiger charge is 2.25. The molecule has 0 aromatic heterocycles. The van der Waals surface area contributed by atoms with Crippen LogP contribution in [-0.2, 0) is 4.79 Å². The number of hydrogen-bond acceptors (Lipinski definition) is 3. The number of nitrogens with two attached hydrogens (primary N) is 1. The Morgan fingerprint density at radius 1 is 1.11 bits per heavy atom. The molecule has 0 spiro atoms. The van der Waals surface area contributed by atoms with Crippen LogP contribution in [0, 0.1) is 0 Å². The van der Waals surface area contributed by atoms with E-state index in [0.29, 0.717) is 18.5 Å². The number of nitrogens with zero attached hydrogens (tertiary/aromatic N) is 2. The van der Waals surface area contributed by atoms with Gasteiger partial charge in [0.1, 0.15) is 0 Å². The SMILES string of the molecule is NCCCN(CC(=O)N1CCCC1)C1CCCCC1. The van der Waals surface area contributed by atoms with E-state index < -0.39 is 0 Å². The van der Waals surface area contributed by atoms with Gasteiger partial charge in [-0.1, -0.05) is 19.3 Å². The molecule has 2 aliphatic rings. The van der Waals surface area contributed by atoms with Gasteiger partial charge in [-0.3, -0.25) is 9.69 Å². The molecule has 1 amide bonds. The van der Waals surface area contributed by atoms with E-state index in [1.54, 1.807) is 0 Å². The maximum Gasteiger partial charge on any atom is 0.236 e. The number of carbonyl (C=O) groups is 1. The normalized spacial score (nSPS) is 21.3. The number of rotatable bonds is 6. The molecule has 1 saturated carbocycles. The molecule has 2 rings (SSSR count). The van der Waals surface area contributed by atoms with Gasteiger partial charge in [-0.05, 0) is 38.6 Å². The van der Waals surface area contributed by atoms with Gasteiger partial charge in [0.2, 0.25) is 5.91 Å². The zero-order valence-corrected chi connectivity index (χ0v) is 12.1. The number of carbonyl (C=O) groups excluding carboxylic acids is 1.